The van der Waals surface area contributed by atoms with E-state index in [1.807, 2.05) is 0 Å². The molecule has 7 nitrogen and oxygen atoms in total. The van der Waals surface area contributed by atoms with E-state index in [9.17, 15) is 9.90 Å². The smallest absolute Gasteiger partial charge is 0.341 e. The summed E-state index contributed by atoms with van der Waals surface area (Å²) in [5.41, 5.74) is 11.9. The van der Waals surface area contributed by atoms with Gasteiger partial charge in [-0.15, -0.1) is 11.3 Å². The number of hydrogen-bond acceptors (Lipinski definition) is 6. The van der Waals surface area contributed by atoms with Crippen LogP contribution >= 0.6 is 11.3 Å². The Labute approximate surface area is 118 Å². The second-order valence-corrected chi connectivity index (χ2v) is 4.61. The van der Waals surface area contributed by atoms with Crippen molar-refractivity contribution < 1.29 is 14.6 Å². The average molecular weight is 292 g/mol. The van der Waals surface area contributed by atoms with Crippen LogP contribution in [-0.2, 0) is 4.74 Å². The van der Waals surface area contributed by atoms with Crippen LogP contribution in [0.5, 0.6) is 5.75 Å². The van der Waals surface area contributed by atoms with E-state index in [-0.39, 0.29) is 17.3 Å². The van der Waals surface area contributed by atoms with E-state index in [4.69, 9.17) is 11.5 Å². The van der Waals surface area contributed by atoms with E-state index in [1.54, 1.807) is 11.4 Å². The first kappa shape index (κ1) is 13.8. The SMILES string of the molecule is COC(=O)c1cc(-c2csc(N=C(N)N)n2)ccc1O. The van der Waals surface area contributed by atoms with Crippen LogP contribution in [0.25, 0.3) is 11.3 Å². The van der Waals surface area contributed by atoms with Gasteiger partial charge in [-0.3, -0.25) is 0 Å². The average Bonchev–Trinajstić information content (AvgIpc) is 2.86. The summed E-state index contributed by atoms with van der Waals surface area (Å²) in [5.74, 6) is -0.851. The van der Waals surface area contributed by atoms with E-state index in [2.05, 4.69) is 14.7 Å². The summed E-state index contributed by atoms with van der Waals surface area (Å²) in [6.45, 7) is 0. The number of nitrogens with zero attached hydrogens (tertiary/aromatic N) is 2. The highest BCUT2D eigenvalue weighted by Gasteiger charge is 2.14. The first-order valence-electron chi connectivity index (χ1n) is 5.48. The van der Waals surface area contributed by atoms with Gasteiger partial charge in [0.25, 0.3) is 0 Å². The second kappa shape index (κ2) is 5.57. The number of phenols is 1. The Hall–Kier alpha value is -2.61. The van der Waals surface area contributed by atoms with Crippen molar-refractivity contribution in [1.82, 2.24) is 4.98 Å². The summed E-state index contributed by atoms with van der Waals surface area (Å²) in [4.78, 5) is 19.6. The van der Waals surface area contributed by atoms with Crippen molar-refractivity contribution in [3.8, 4) is 17.0 Å². The van der Waals surface area contributed by atoms with Crippen LogP contribution in [0.2, 0.25) is 0 Å². The molecular weight excluding hydrogens is 280 g/mol. The van der Waals surface area contributed by atoms with Gasteiger partial charge in [0.05, 0.1) is 12.8 Å². The third-order valence-electron chi connectivity index (χ3n) is 2.41. The number of aromatic hydroxyl groups is 1. The number of hydrogen-bond donors (Lipinski definition) is 3. The standard InChI is InChI=1S/C12H12N4O3S/c1-19-10(18)7-4-6(2-3-9(7)17)8-5-20-12(15-8)16-11(13)14/h2-5,17H,1H3,(H4,13,14,15,16). The van der Waals surface area contributed by atoms with Crippen LogP contribution in [0.3, 0.4) is 0 Å². The largest absolute Gasteiger partial charge is 0.507 e. The molecule has 0 atom stereocenters. The van der Waals surface area contributed by atoms with Crippen molar-refractivity contribution in [2.75, 3.05) is 7.11 Å². The Morgan fingerprint density at radius 2 is 2.20 bits per heavy atom. The first-order chi connectivity index (χ1) is 9.51. The lowest BCUT2D eigenvalue weighted by molar-refractivity contribution is 0.0597. The molecule has 0 saturated carbocycles. The molecule has 0 radical (unpaired) electrons. The number of thiazole rings is 1. The molecule has 8 heteroatoms. The monoisotopic (exact) mass is 292 g/mol. The zero-order valence-corrected chi connectivity index (χ0v) is 11.3. The van der Waals surface area contributed by atoms with E-state index < -0.39 is 5.97 Å². The molecule has 2 aromatic rings. The number of nitrogens with two attached hydrogens (primary N) is 2. The number of phenolic OH excluding ortho intramolecular Hbond substituents is 1. The number of aromatic nitrogens is 1. The minimum absolute atomic E-state index is 0.0707. The fraction of sp³-hybridized carbons (Fsp3) is 0.0833. The highest BCUT2D eigenvalue weighted by molar-refractivity contribution is 7.13. The van der Waals surface area contributed by atoms with Crippen LogP contribution < -0.4 is 11.5 Å². The summed E-state index contributed by atoms with van der Waals surface area (Å²) in [7, 11) is 1.24. The maximum Gasteiger partial charge on any atom is 0.341 e. The molecule has 5 N–H and O–H groups in total. The molecule has 1 heterocycles. The number of carbonyl (C=O) groups excluding carboxylic acids is 1. The Morgan fingerprint density at radius 1 is 1.45 bits per heavy atom. The lowest BCUT2D eigenvalue weighted by Crippen LogP contribution is -2.21. The normalized spacial score (nSPS) is 10.1. The van der Waals surface area contributed by atoms with Gasteiger partial charge in [0.2, 0.25) is 5.13 Å². The fourth-order valence-electron chi connectivity index (χ4n) is 1.53. The number of ether oxygens (including phenoxy) is 1. The lowest BCUT2D eigenvalue weighted by atomic mass is 10.1. The minimum Gasteiger partial charge on any atom is -0.507 e. The molecule has 0 aliphatic rings. The fourth-order valence-corrected chi connectivity index (χ4v) is 2.24. The highest BCUT2D eigenvalue weighted by Crippen LogP contribution is 2.30. The second-order valence-electron chi connectivity index (χ2n) is 3.78. The van der Waals surface area contributed by atoms with E-state index in [1.165, 1.54) is 30.6 Å². The quantitative estimate of drug-likeness (QED) is 0.443. The van der Waals surface area contributed by atoms with Crippen LogP contribution in [0.1, 0.15) is 10.4 Å². The van der Waals surface area contributed by atoms with Gasteiger partial charge in [0.15, 0.2) is 5.96 Å². The summed E-state index contributed by atoms with van der Waals surface area (Å²) in [6.07, 6.45) is 0. The molecule has 104 valence electrons. The highest BCUT2D eigenvalue weighted by atomic mass is 32.1. The zero-order chi connectivity index (χ0) is 14.7. The van der Waals surface area contributed by atoms with Gasteiger partial charge in [0.1, 0.15) is 11.3 Å². The summed E-state index contributed by atoms with van der Waals surface area (Å²) < 4.78 is 4.59. The van der Waals surface area contributed by atoms with Gasteiger partial charge >= 0.3 is 5.97 Å². The molecule has 20 heavy (non-hydrogen) atoms. The van der Waals surface area contributed by atoms with Gasteiger partial charge < -0.3 is 21.3 Å². The maximum atomic E-state index is 11.5. The Balaban J connectivity index is 2.41. The van der Waals surface area contributed by atoms with Gasteiger partial charge in [-0.2, -0.15) is 4.99 Å². The molecule has 0 bridgehead atoms. The van der Waals surface area contributed by atoms with E-state index in [0.29, 0.717) is 16.4 Å². The van der Waals surface area contributed by atoms with E-state index in [0.717, 1.165) is 0 Å². The predicted octanol–water partition coefficient (Wildman–Crippen LogP) is 1.21. The summed E-state index contributed by atoms with van der Waals surface area (Å²) in [5, 5.41) is 11.8. The molecule has 1 aromatic heterocycles. The number of benzene rings is 1. The molecular formula is C12H12N4O3S. The molecule has 0 fully saturated rings. The zero-order valence-electron chi connectivity index (χ0n) is 10.5. The maximum absolute atomic E-state index is 11.5. The molecule has 0 spiro atoms. The molecule has 1 aromatic carbocycles. The van der Waals surface area contributed by atoms with Gasteiger partial charge in [-0.25, -0.2) is 9.78 Å². The predicted molar refractivity (Wildman–Crippen MR) is 76.0 cm³/mol. The summed E-state index contributed by atoms with van der Waals surface area (Å²) >= 11 is 1.26. The first-order valence-corrected chi connectivity index (χ1v) is 6.36. The van der Waals surface area contributed by atoms with Gasteiger partial charge in [0, 0.05) is 10.9 Å². The van der Waals surface area contributed by atoms with Crippen LogP contribution in [0.4, 0.5) is 5.13 Å². The van der Waals surface area contributed by atoms with Crippen LogP contribution in [0, 0.1) is 0 Å². The number of aliphatic imine (C=N–C) groups is 1. The van der Waals surface area contributed by atoms with Crippen molar-refractivity contribution in [1.29, 1.82) is 0 Å². The van der Waals surface area contributed by atoms with Crippen molar-refractivity contribution in [3.63, 3.8) is 0 Å². The van der Waals surface area contributed by atoms with Crippen molar-refractivity contribution >= 4 is 28.4 Å². The van der Waals surface area contributed by atoms with Crippen molar-refractivity contribution in [3.05, 3.63) is 29.1 Å². The van der Waals surface area contributed by atoms with E-state index >= 15 is 0 Å². The topological polar surface area (TPSA) is 124 Å². The number of methoxy groups -OCH3 is 1. The third kappa shape index (κ3) is 2.86. The number of carbonyl (C=O) groups is 1. The number of esters is 1. The summed E-state index contributed by atoms with van der Waals surface area (Å²) in [6, 6.07) is 4.53. The lowest BCUT2D eigenvalue weighted by Gasteiger charge is -2.04. The molecule has 2 rings (SSSR count). The number of rotatable bonds is 3. The molecule has 0 aliphatic heterocycles. The van der Waals surface area contributed by atoms with Crippen LogP contribution in [0.15, 0.2) is 28.6 Å². The van der Waals surface area contributed by atoms with Crippen LogP contribution in [-0.4, -0.2) is 29.1 Å². The van der Waals surface area contributed by atoms with Crippen molar-refractivity contribution in [2.45, 2.75) is 0 Å². The molecule has 0 unspecified atom stereocenters. The minimum atomic E-state index is -0.621. The number of guanidine groups is 1. The van der Waals surface area contributed by atoms with Gasteiger partial charge in [-0.05, 0) is 18.2 Å². The molecule has 0 amide bonds. The Kier molecular flexibility index (Phi) is 3.85. The van der Waals surface area contributed by atoms with Gasteiger partial charge in [-0.1, -0.05) is 0 Å². The Bertz CT molecular complexity index is 677. The Morgan fingerprint density at radius 3 is 2.85 bits per heavy atom. The third-order valence-corrected chi connectivity index (χ3v) is 3.15. The molecule has 0 saturated heterocycles. The van der Waals surface area contributed by atoms with Crippen molar-refractivity contribution in [2.24, 2.45) is 16.5 Å². The molecule has 0 aliphatic carbocycles.